The highest BCUT2D eigenvalue weighted by molar-refractivity contribution is 6.30. The Bertz CT molecular complexity index is 896. The van der Waals surface area contributed by atoms with Gasteiger partial charge in [-0.3, -0.25) is 9.69 Å². The van der Waals surface area contributed by atoms with Crippen molar-refractivity contribution in [1.82, 2.24) is 10.2 Å². The molecule has 1 saturated heterocycles. The lowest BCUT2D eigenvalue weighted by Gasteiger charge is -2.33. The molecule has 0 unspecified atom stereocenters. The second kappa shape index (κ2) is 9.92. The first-order valence-corrected chi connectivity index (χ1v) is 10.9. The number of benzene rings is 3. The van der Waals surface area contributed by atoms with E-state index in [0.29, 0.717) is 0 Å². The van der Waals surface area contributed by atoms with Crippen LogP contribution in [0.15, 0.2) is 84.9 Å². The Hall–Kier alpha value is -2.62. The number of likely N-dealkylation sites (tertiary alicyclic amines) is 1. The third-order valence-corrected chi connectivity index (χ3v) is 6.03. The van der Waals surface area contributed by atoms with Gasteiger partial charge in [-0.05, 0) is 41.7 Å². The van der Waals surface area contributed by atoms with Crippen molar-refractivity contribution in [3.8, 4) is 0 Å². The van der Waals surface area contributed by atoms with E-state index in [1.807, 2.05) is 72.8 Å². The maximum absolute atomic E-state index is 13.3. The van der Waals surface area contributed by atoms with Crippen LogP contribution < -0.4 is 5.32 Å². The Morgan fingerprint density at radius 2 is 1.40 bits per heavy atom. The predicted octanol–water partition coefficient (Wildman–Crippen LogP) is 5.25. The second-order valence-electron chi connectivity index (χ2n) is 7.94. The van der Waals surface area contributed by atoms with Gasteiger partial charge >= 0.3 is 0 Å². The van der Waals surface area contributed by atoms with Crippen molar-refractivity contribution < 1.29 is 4.79 Å². The number of hydrogen-bond acceptors (Lipinski definition) is 2. The molecule has 30 heavy (non-hydrogen) atoms. The van der Waals surface area contributed by atoms with Crippen LogP contribution in [0.4, 0.5) is 0 Å². The molecule has 0 spiro atoms. The first kappa shape index (κ1) is 20.6. The van der Waals surface area contributed by atoms with Crippen molar-refractivity contribution in [3.63, 3.8) is 0 Å². The van der Waals surface area contributed by atoms with Gasteiger partial charge in [0.25, 0.3) is 0 Å². The monoisotopic (exact) mass is 418 g/mol. The van der Waals surface area contributed by atoms with E-state index in [4.69, 9.17) is 11.6 Å². The van der Waals surface area contributed by atoms with Crippen LogP contribution in [-0.2, 0) is 11.3 Å². The van der Waals surface area contributed by atoms with Gasteiger partial charge in [0.15, 0.2) is 0 Å². The molecule has 154 valence electrons. The lowest BCUT2D eigenvalue weighted by molar-refractivity contribution is -0.122. The van der Waals surface area contributed by atoms with Gasteiger partial charge in [0, 0.05) is 30.7 Å². The summed E-state index contributed by atoms with van der Waals surface area (Å²) in [6.45, 7) is 2.89. The normalized spacial score (nSPS) is 15.3. The van der Waals surface area contributed by atoms with Crippen LogP contribution >= 0.6 is 11.6 Å². The van der Waals surface area contributed by atoms with Crippen molar-refractivity contribution in [2.75, 3.05) is 13.1 Å². The number of carbonyl (C=O) groups is 1. The van der Waals surface area contributed by atoms with Crippen LogP contribution in [0.5, 0.6) is 0 Å². The smallest absolute Gasteiger partial charge is 0.232 e. The molecule has 1 amide bonds. The average molecular weight is 419 g/mol. The Kier molecular flexibility index (Phi) is 6.83. The number of piperidine rings is 1. The van der Waals surface area contributed by atoms with Gasteiger partial charge in [0.05, 0.1) is 5.92 Å². The maximum Gasteiger partial charge on any atom is 0.232 e. The minimum absolute atomic E-state index is 0.0866. The van der Waals surface area contributed by atoms with Gasteiger partial charge < -0.3 is 5.32 Å². The van der Waals surface area contributed by atoms with E-state index < -0.39 is 0 Å². The Morgan fingerprint density at radius 3 is 1.93 bits per heavy atom. The maximum atomic E-state index is 13.3. The van der Waals surface area contributed by atoms with E-state index in [9.17, 15) is 4.79 Å². The molecule has 3 aromatic rings. The van der Waals surface area contributed by atoms with Crippen LogP contribution in [0.3, 0.4) is 0 Å². The van der Waals surface area contributed by atoms with E-state index in [0.717, 1.165) is 48.6 Å². The molecule has 4 rings (SSSR count). The Labute approximate surface area is 183 Å². The molecule has 1 aliphatic rings. The van der Waals surface area contributed by atoms with E-state index in [2.05, 4.69) is 22.3 Å². The highest BCUT2D eigenvalue weighted by Crippen LogP contribution is 2.25. The summed E-state index contributed by atoms with van der Waals surface area (Å²) in [4.78, 5) is 15.7. The summed E-state index contributed by atoms with van der Waals surface area (Å²) in [6.07, 6.45) is 1.94. The standard InChI is InChI=1S/C26H27ClN2O/c27-23-13-11-20(12-14-23)19-29-17-15-24(16-18-29)28-26(30)25(21-7-3-1-4-8-21)22-9-5-2-6-10-22/h1-14,24-25H,15-19H2,(H,28,30). The molecule has 4 heteroatoms. The fourth-order valence-electron chi connectivity index (χ4n) is 4.15. The van der Waals surface area contributed by atoms with Gasteiger partial charge in [-0.2, -0.15) is 0 Å². The third kappa shape index (κ3) is 5.29. The molecule has 0 aliphatic carbocycles. The van der Waals surface area contributed by atoms with E-state index in [1.165, 1.54) is 5.56 Å². The van der Waals surface area contributed by atoms with E-state index in [-0.39, 0.29) is 17.9 Å². The lowest BCUT2D eigenvalue weighted by atomic mass is 9.90. The SMILES string of the molecule is O=C(NC1CCN(Cc2ccc(Cl)cc2)CC1)C(c1ccccc1)c1ccccc1. The fourth-order valence-corrected chi connectivity index (χ4v) is 4.28. The predicted molar refractivity (Wildman–Crippen MR) is 123 cm³/mol. The summed E-state index contributed by atoms with van der Waals surface area (Å²) in [7, 11) is 0. The van der Waals surface area contributed by atoms with E-state index in [1.54, 1.807) is 0 Å². The number of rotatable bonds is 6. The fraction of sp³-hybridized carbons (Fsp3) is 0.269. The molecule has 3 aromatic carbocycles. The van der Waals surface area contributed by atoms with Crippen LogP contribution in [0.1, 0.15) is 35.4 Å². The molecule has 1 aliphatic heterocycles. The molecule has 0 aromatic heterocycles. The number of carbonyl (C=O) groups excluding carboxylic acids is 1. The first-order valence-electron chi connectivity index (χ1n) is 10.6. The number of nitrogens with zero attached hydrogens (tertiary/aromatic N) is 1. The molecule has 1 N–H and O–H groups in total. The van der Waals surface area contributed by atoms with Crippen molar-refractivity contribution in [2.24, 2.45) is 0 Å². The molecule has 1 fully saturated rings. The van der Waals surface area contributed by atoms with Gasteiger partial charge in [-0.25, -0.2) is 0 Å². The molecule has 0 radical (unpaired) electrons. The van der Waals surface area contributed by atoms with Crippen LogP contribution in [-0.4, -0.2) is 29.9 Å². The summed E-state index contributed by atoms with van der Waals surface area (Å²) >= 11 is 5.98. The molecule has 0 bridgehead atoms. The van der Waals surface area contributed by atoms with E-state index >= 15 is 0 Å². The zero-order chi connectivity index (χ0) is 20.8. The molecule has 3 nitrogen and oxygen atoms in total. The summed E-state index contributed by atoms with van der Waals surface area (Å²) in [5, 5.41) is 4.09. The molecule has 0 saturated carbocycles. The minimum atomic E-state index is -0.278. The highest BCUT2D eigenvalue weighted by atomic mass is 35.5. The number of hydrogen-bond donors (Lipinski definition) is 1. The summed E-state index contributed by atoms with van der Waals surface area (Å²) in [5.41, 5.74) is 3.33. The number of nitrogens with one attached hydrogen (secondary N) is 1. The third-order valence-electron chi connectivity index (χ3n) is 5.78. The molecule has 0 atom stereocenters. The second-order valence-corrected chi connectivity index (χ2v) is 8.38. The van der Waals surface area contributed by atoms with Crippen LogP contribution in [0, 0.1) is 0 Å². The minimum Gasteiger partial charge on any atom is -0.352 e. The first-order chi connectivity index (χ1) is 14.7. The van der Waals surface area contributed by atoms with Gasteiger partial charge in [-0.15, -0.1) is 0 Å². The van der Waals surface area contributed by atoms with Gasteiger partial charge in [-0.1, -0.05) is 84.4 Å². The largest absolute Gasteiger partial charge is 0.352 e. The van der Waals surface area contributed by atoms with Gasteiger partial charge in [0.1, 0.15) is 0 Å². The zero-order valence-corrected chi connectivity index (χ0v) is 17.8. The molecular weight excluding hydrogens is 392 g/mol. The summed E-state index contributed by atoms with van der Waals surface area (Å²) < 4.78 is 0. The topological polar surface area (TPSA) is 32.3 Å². The number of amides is 1. The van der Waals surface area contributed by atoms with Crippen LogP contribution in [0.25, 0.3) is 0 Å². The van der Waals surface area contributed by atoms with Crippen LogP contribution in [0.2, 0.25) is 5.02 Å². The van der Waals surface area contributed by atoms with Crippen molar-refractivity contribution >= 4 is 17.5 Å². The van der Waals surface area contributed by atoms with Crippen molar-refractivity contribution in [1.29, 1.82) is 0 Å². The summed E-state index contributed by atoms with van der Waals surface area (Å²) in [6, 6.07) is 28.3. The zero-order valence-electron chi connectivity index (χ0n) is 17.0. The number of halogens is 1. The molecule has 1 heterocycles. The highest BCUT2D eigenvalue weighted by Gasteiger charge is 2.27. The van der Waals surface area contributed by atoms with Crippen molar-refractivity contribution in [3.05, 3.63) is 107 Å². The lowest BCUT2D eigenvalue weighted by Crippen LogP contribution is -2.45. The Morgan fingerprint density at radius 1 is 0.867 bits per heavy atom. The average Bonchev–Trinajstić information content (AvgIpc) is 2.78. The van der Waals surface area contributed by atoms with Crippen molar-refractivity contribution in [2.45, 2.75) is 31.3 Å². The quantitative estimate of drug-likeness (QED) is 0.592. The molecular formula is C26H27ClN2O. The summed E-state index contributed by atoms with van der Waals surface area (Å²) in [5.74, 6) is -0.192. The Balaban J connectivity index is 1.37. The van der Waals surface area contributed by atoms with Gasteiger partial charge in [0.2, 0.25) is 5.91 Å².